The Hall–Kier alpha value is -2.40. The van der Waals surface area contributed by atoms with E-state index in [2.05, 4.69) is 4.98 Å². The van der Waals surface area contributed by atoms with Crippen LogP contribution in [0.15, 0.2) is 47.1 Å². The van der Waals surface area contributed by atoms with Gasteiger partial charge >= 0.3 is 5.97 Å². The first kappa shape index (κ1) is 13.6. The molecule has 21 heavy (non-hydrogen) atoms. The molecule has 0 fully saturated rings. The quantitative estimate of drug-likeness (QED) is 0.536. The van der Waals surface area contributed by atoms with E-state index in [1.165, 1.54) is 11.3 Å². The van der Waals surface area contributed by atoms with Crippen molar-refractivity contribution < 1.29 is 13.9 Å². The highest BCUT2D eigenvalue weighted by Gasteiger charge is 2.19. The molecule has 0 aliphatic rings. The van der Waals surface area contributed by atoms with Crippen LogP contribution in [0.4, 0.5) is 0 Å². The van der Waals surface area contributed by atoms with E-state index in [-0.39, 0.29) is 0 Å². The average molecular weight is 299 g/mol. The molecule has 5 heteroatoms. The molecule has 0 bridgehead atoms. The van der Waals surface area contributed by atoms with Crippen LogP contribution in [0, 0.1) is 13.8 Å². The average Bonchev–Trinajstić information content (AvgIpc) is 3.10. The van der Waals surface area contributed by atoms with Crippen LogP contribution < -0.4 is 4.74 Å². The number of aromatic nitrogens is 1. The minimum absolute atomic E-state index is 0.326. The zero-order valence-electron chi connectivity index (χ0n) is 11.6. The van der Waals surface area contributed by atoms with Gasteiger partial charge in [0.05, 0.1) is 6.26 Å². The number of rotatable bonds is 3. The monoisotopic (exact) mass is 299 g/mol. The summed E-state index contributed by atoms with van der Waals surface area (Å²) >= 11 is 1.41. The molecule has 106 valence electrons. The van der Waals surface area contributed by atoms with Gasteiger partial charge in [0.2, 0.25) is 0 Å². The van der Waals surface area contributed by atoms with Crippen molar-refractivity contribution in [3.8, 4) is 16.5 Å². The summed E-state index contributed by atoms with van der Waals surface area (Å²) in [6, 6.07) is 10.9. The van der Waals surface area contributed by atoms with E-state index in [0.717, 1.165) is 10.4 Å². The smallest absolute Gasteiger partial charge is 0.363 e. The first-order valence-corrected chi connectivity index (χ1v) is 7.25. The Balaban J connectivity index is 1.83. The zero-order chi connectivity index (χ0) is 14.8. The van der Waals surface area contributed by atoms with Crippen molar-refractivity contribution in [2.24, 2.45) is 0 Å². The Morgan fingerprint density at radius 1 is 1.19 bits per heavy atom. The van der Waals surface area contributed by atoms with E-state index >= 15 is 0 Å². The van der Waals surface area contributed by atoms with Crippen molar-refractivity contribution in [3.63, 3.8) is 0 Å². The molecule has 3 aromatic rings. The Bertz CT molecular complexity index is 757. The number of hydrogen-bond acceptors (Lipinski definition) is 5. The molecular formula is C16H13NO3S. The van der Waals surface area contributed by atoms with Gasteiger partial charge in [0.15, 0.2) is 16.5 Å². The Morgan fingerprint density at radius 2 is 1.95 bits per heavy atom. The molecule has 1 aromatic carbocycles. The SMILES string of the molecule is Cc1ccc(OC(=O)c2nc(-c3ccco3)sc2C)cc1. The molecule has 0 saturated heterocycles. The van der Waals surface area contributed by atoms with Crippen molar-refractivity contribution in [2.45, 2.75) is 13.8 Å². The lowest BCUT2D eigenvalue weighted by Crippen LogP contribution is -2.10. The van der Waals surface area contributed by atoms with Crippen molar-refractivity contribution in [2.75, 3.05) is 0 Å². The van der Waals surface area contributed by atoms with Crippen LogP contribution in [0.2, 0.25) is 0 Å². The third-order valence-electron chi connectivity index (χ3n) is 2.95. The second-order valence-corrected chi connectivity index (χ2v) is 5.81. The van der Waals surface area contributed by atoms with E-state index in [1.54, 1.807) is 24.5 Å². The van der Waals surface area contributed by atoms with Gasteiger partial charge in [0.1, 0.15) is 5.75 Å². The normalized spacial score (nSPS) is 10.6. The highest BCUT2D eigenvalue weighted by Crippen LogP contribution is 2.28. The number of ether oxygens (including phenoxy) is 1. The van der Waals surface area contributed by atoms with Crippen molar-refractivity contribution in [3.05, 3.63) is 58.8 Å². The van der Waals surface area contributed by atoms with E-state index in [0.29, 0.717) is 22.2 Å². The summed E-state index contributed by atoms with van der Waals surface area (Å²) in [5.74, 6) is 0.709. The molecule has 0 amide bonds. The van der Waals surface area contributed by atoms with Crippen molar-refractivity contribution in [1.82, 2.24) is 4.98 Å². The van der Waals surface area contributed by atoms with E-state index in [4.69, 9.17) is 9.15 Å². The zero-order valence-corrected chi connectivity index (χ0v) is 12.4. The van der Waals surface area contributed by atoms with Gasteiger partial charge in [-0.25, -0.2) is 9.78 Å². The largest absolute Gasteiger partial charge is 0.462 e. The lowest BCUT2D eigenvalue weighted by atomic mass is 10.2. The minimum Gasteiger partial charge on any atom is -0.462 e. The van der Waals surface area contributed by atoms with Gasteiger partial charge in [0.25, 0.3) is 0 Å². The number of nitrogens with zero attached hydrogens (tertiary/aromatic N) is 1. The van der Waals surface area contributed by atoms with Crippen molar-refractivity contribution >= 4 is 17.3 Å². The van der Waals surface area contributed by atoms with Crippen LogP contribution in [0.3, 0.4) is 0 Å². The molecule has 0 N–H and O–H groups in total. The number of carbonyl (C=O) groups excluding carboxylic acids is 1. The van der Waals surface area contributed by atoms with Gasteiger partial charge in [-0.05, 0) is 38.1 Å². The van der Waals surface area contributed by atoms with Crippen LogP contribution in [0.5, 0.6) is 5.75 Å². The third-order valence-corrected chi connectivity index (χ3v) is 3.94. The summed E-state index contributed by atoms with van der Waals surface area (Å²) in [7, 11) is 0. The Morgan fingerprint density at radius 3 is 2.62 bits per heavy atom. The molecule has 4 nitrogen and oxygen atoms in total. The lowest BCUT2D eigenvalue weighted by molar-refractivity contribution is 0.0729. The fourth-order valence-electron chi connectivity index (χ4n) is 1.85. The fourth-order valence-corrected chi connectivity index (χ4v) is 2.72. The fraction of sp³-hybridized carbons (Fsp3) is 0.125. The first-order valence-electron chi connectivity index (χ1n) is 6.43. The number of thiazole rings is 1. The molecule has 0 radical (unpaired) electrons. The molecule has 2 heterocycles. The number of benzene rings is 1. The third kappa shape index (κ3) is 2.87. The van der Waals surface area contributed by atoms with Gasteiger partial charge in [-0.3, -0.25) is 0 Å². The van der Waals surface area contributed by atoms with Crippen LogP contribution >= 0.6 is 11.3 Å². The number of carbonyl (C=O) groups is 1. The molecule has 2 aromatic heterocycles. The van der Waals surface area contributed by atoms with Crippen LogP contribution in [0.1, 0.15) is 20.9 Å². The van der Waals surface area contributed by atoms with Crippen LogP contribution in [0.25, 0.3) is 10.8 Å². The topological polar surface area (TPSA) is 52.3 Å². The highest BCUT2D eigenvalue weighted by atomic mass is 32.1. The summed E-state index contributed by atoms with van der Waals surface area (Å²) in [6.45, 7) is 3.82. The standard InChI is InChI=1S/C16H13NO3S/c1-10-5-7-12(8-6-10)20-16(18)14-11(2)21-15(17-14)13-4-3-9-19-13/h3-9H,1-2H3. The van der Waals surface area contributed by atoms with Crippen LogP contribution in [-0.4, -0.2) is 11.0 Å². The molecule has 0 saturated carbocycles. The lowest BCUT2D eigenvalue weighted by Gasteiger charge is -2.03. The molecule has 0 spiro atoms. The number of esters is 1. The van der Waals surface area contributed by atoms with Gasteiger partial charge in [-0.15, -0.1) is 11.3 Å². The number of furan rings is 1. The van der Waals surface area contributed by atoms with Crippen molar-refractivity contribution in [1.29, 1.82) is 0 Å². The van der Waals surface area contributed by atoms with E-state index in [1.807, 2.05) is 32.0 Å². The first-order chi connectivity index (χ1) is 10.1. The highest BCUT2D eigenvalue weighted by molar-refractivity contribution is 7.15. The summed E-state index contributed by atoms with van der Waals surface area (Å²) < 4.78 is 10.6. The Labute approximate surface area is 126 Å². The maximum atomic E-state index is 12.2. The second kappa shape index (κ2) is 5.54. The molecule has 3 rings (SSSR count). The Kier molecular flexibility index (Phi) is 3.58. The molecule has 0 unspecified atom stereocenters. The minimum atomic E-state index is -0.453. The van der Waals surface area contributed by atoms with Gasteiger partial charge < -0.3 is 9.15 Å². The van der Waals surface area contributed by atoms with E-state index in [9.17, 15) is 4.79 Å². The maximum absolute atomic E-state index is 12.2. The maximum Gasteiger partial charge on any atom is 0.363 e. The summed E-state index contributed by atoms with van der Waals surface area (Å²) in [5, 5.41) is 0.674. The molecule has 0 aliphatic carbocycles. The van der Waals surface area contributed by atoms with Gasteiger partial charge in [-0.2, -0.15) is 0 Å². The number of aryl methyl sites for hydroxylation is 2. The molecular weight excluding hydrogens is 286 g/mol. The van der Waals surface area contributed by atoms with E-state index < -0.39 is 5.97 Å². The number of hydrogen-bond donors (Lipinski definition) is 0. The predicted molar refractivity (Wildman–Crippen MR) is 80.7 cm³/mol. The van der Waals surface area contributed by atoms with Gasteiger partial charge in [-0.1, -0.05) is 17.7 Å². The molecule has 0 atom stereocenters. The second-order valence-electron chi connectivity index (χ2n) is 4.60. The summed E-state index contributed by atoms with van der Waals surface area (Å²) in [5.41, 5.74) is 1.44. The summed E-state index contributed by atoms with van der Waals surface area (Å²) in [6.07, 6.45) is 1.58. The predicted octanol–water partition coefficient (Wildman–Crippen LogP) is 4.24. The van der Waals surface area contributed by atoms with Crippen LogP contribution in [-0.2, 0) is 0 Å². The molecule has 0 aliphatic heterocycles. The summed E-state index contributed by atoms with van der Waals surface area (Å²) in [4.78, 5) is 17.3. The van der Waals surface area contributed by atoms with Gasteiger partial charge in [0, 0.05) is 4.88 Å².